The van der Waals surface area contributed by atoms with Gasteiger partial charge in [-0.1, -0.05) is 0 Å². The van der Waals surface area contributed by atoms with Gasteiger partial charge in [-0.2, -0.15) is 5.10 Å². The smallest absolute Gasteiger partial charge is 0.266 e. The minimum atomic E-state index is -0.520. The van der Waals surface area contributed by atoms with Gasteiger partial charge in [0.15, 0.2) is 4.60 Å². The minimum absolute atomic E-state index is 0.106. The third-order valence-corrected chi connectivity index (χ3v) is 1.55. The van der Waals surface area contributed by atoms with E-state index in [9.17, 15) is 9.59 Å². The number of nitrogens with one attached hydrogen (secondary N) is 1. The Morgan fingerprint density at radius 1 is 1.60 bits per heavy atom. The number of aromatic nitrogens is 3. The fraction of sp³-hybridized carbons (Fsp3) is 0.250. The molecule has 1 rings (SSSR count). The first-order valence-electron chi connectivity index (χ1n) is 2.44. The van der Waals surface area contributed by atoms with E-state index in [4.69, 9.17) is 0 Å². The van der Waals surface area contributed by atoms with E-state index in [1.54, 1.807) is 0 Å². The second-order valence-electron chi connectivity index (χ2n) is 1.68. The Balaban J connectivity index is 3.66. The predicted molar refractivity (Wildman–Crippen MR) is 37.8 cm³/mol. The summed E-state index contributed by atoms with van der Waals surface area (Å²) >= 11 is 2.87. The molecular weight excluding hydrogens is 202 g/mol. The number of rotatable bonds is 0. The Labute approximate surface area is 63.8 Å². The summed E-state index contributed by atoms with van der Waals surface area (Å²) in [5.74, 6) is 0. The van der Waals surface area contributed by atoms with Gasteiger partial charge < -0.3 is 0 Å². The van der Waals surface area contributed by atoms with Gasteiger partial charge in [-0.3, -0.25) is 9.36 Å². The predicted octanol–water partition coefficient (Wildman–Crippen LogP) is -0.769. The molecule has 1 aromatic heterocycles. The summed E-state index contributed by atoms with van der Waals surface area (Å²) in [5, 5.41) is 5.50. The monoisotopic (exact) mass is 205 g/mol. The third kappa shape index (κ3) is 1.02. The second kappa shape index (κ2) is 2.37. The van der Waals surface area contributed by atoms with Crippen LogP contribution in [0.2, 0.25) is 0 Å². The summed E-state index contributed by atoms with van der Waals surface area (Å²) in [6.45, 7) is 0. The van der Waals surface area contributed by atoms with Crippen LogP contribution in [0.25, 0.3) is 0 Å². The molecule has 0 fully saturated rings. The molecule has 0 bridgehead atoms. The molecule has 0 spiro atoms. The molecule has 0 saturated heterocycles. The largest absolute Gasteiger partial charge is 0.344 e. The summed E-state index contributed by atoms with van der Waals surface area (Å²) in [6, 6.07) is 0. The average Bonchev–Trinajstić information content (AvgIpc) is 1.93. The van der Waals surface area contributed by atoms with Gasteiger partial charge >= 0.3 is 5.69 Å². The zero-order valence-corrected chi connectivity index (χ0v) is 6.67. The van der Waals surface area contributed by atoms with Crippen LogP contribution in [0.3, 0.4) is 0 Å². The Kier molecular flexibility index (Phi) is 1.71. The third-order valence-electron chi connectivity index (χ3n) is 1.04. The van der Waals surface area contributed by atoms with E-state index in [0.717, 1.165) is 4.57 Å². The van der Waals surface area contributed by atoms with Crippen LogP contribution < -0.4 is 11.2 Å². The minimum Gasteiger partial charge on any atom is -0.266 e. The summed E-state index contributed by atoms with van der Waals surface area (Å²) < 4.78 is 1.03. The number of H-pyrrole nitrogens is 1. The molecule has 1 N–H and O–H groups in total. The van der Waals surface area contributed by atoms with Crippen molar-refractivity contribution in [3.63, 3.8) is 0 Å². The lowest BCUT2D eigenvalue weighted by atomic mass is 10.8. The number of hydrogen-bond donors (Lipinski definition) is 1. The summed E-state index contributed by atoms with van der Waals surface area (Å²) in [5.41, 5.74) is -0.961. The zero-order valence-electron chi connectivity index (χ0n) is 5.09. The highest BCUT2D eigenvalue weighted by Gasteiger charge is 1.99. The van der Waals surface area contributed by atoms with Crippen LogP contribution in [0.15, 0.2) is 14.2 Å². The molecule has 6 heteroatoms. The maximum Gasteiger partial charge on any atom is 0.344 e. The molecule has 1 heterocycles. The van der Waals surface area contributed by atoms with Crippen molar-refractivity contribution in [2.24, 2.45) is 7.05 Å². The number of nitrogens with zero attached hydrogens (tertiary/aromatic N) is 2. The van der Waals surface area contributed by atoms with Gasteiger partial charge in [0.05, 0.1) is 0 Å². The highest BCUT2D eigenvalue weighted by Crippen LogP contribution is 1.89. The fourth-order valence-electron chi connectivity index (χ4n) is 0.450. The van der Waals surface area contributed by atoms with Gasteiger partial charge in [-0.25, -0.2) is 9.89 Å². The van der Waals surface area contributed by atoms with E-state index in [1.807, 2.05) is 0 Å². The molecule has 0 saturated carbocycles. The molecule has 0 unspecified atom stereocenters. The van der Waals surface area contributed by atoms with Gasteiger partial charge in [-0.05, 0) is 15.9 Å². The van der Waals surface area contributed by atoms with Gasteiger partial charge in [0.1, 0.15) is 0 Å². The van der Waals surface area contributed by atoms with Crippen LogP contribution in [0.4, 0.5) is 0 Å². The lowest BCUT2D eigenvalue weighted by Gasteiger charge is -1.92. The zero-order chi connectivity index (χ0) is 7.72. The summed E-state index contributed by atoms with van der Waals surface area (Å²) in [6.07, 6.45) is 0. The first-order valence-corrected chi connectivity index (χ1v) is 3.23. The first kappa shape index (κ1) is 7.20. The Morgan fingerprint density at radius 3 is 2.70 bits per heavy atom. The molecular formula is C4H4BrN3O2. The number of hydrogen-bond acceptors (Lipinski definition) is 3. The quantitative estimate of drug-likeness (QED) is 0.606. The van der Waals surface area contributed by atoms with E-state index >= 15 is 0 Å². The standard InChI is InChI=1S/C4H4BrN3O2/c1-8-3(9)2(5)6-7-4(8)10/h1H3,(H,7,10). The van der Waals surface area contributed by atoms with E-state index in [-0.39, 0.29) is 4.60 Å². The van der Waals surface area contributed by atoms with E-state index in [2.05, 4.69) is 26.1 Å². The van der Waals surface area contributed by atoms with Gasteiger partial charge in [-0.15, -0.1) is 0 Å². The molecule has 0 amide bonds. The maximum absolute atomic E-state index is 10.8. The first-order chi connectivity index (χ1) is 4.63. The molecule has 0 radical (unpaired) electrons. The van der Waals surface area contributed by atoms with Crippen molar-refractivity contribution in [2.45, 2.75) is 0 Å². The van der Waals surface area contributed by atoms with Crippen LogP contribution in [0, 0.1) is 0 Å². The van der Waals surface area contributed by atoms with Gasteiger partial charge in [0.25, 0.3) is 5.56 Å². The van der Waals surface area contributed by atoms with Crippen LogP contribution in [-0.2, 0) is 7.05 Å². The highest BCUT2D eigenvalue weighted by molar-refractivity contribution is 9.10. The van der Waals surface area contributed by atoms with Crippen LogP contribution in [-0.4, -0.2) is 14.8 Å². The highest BCUT2D eigenvalue weighted by atomic mass is 79.9. The van der Waals surface area contributed by atoms with Gasteiger partial charge in [0.2, 0.25) is 0 Å². The van der Waals surface area contributed by atoms with Crippen molar-refractivity contribution in [3.8, 4) is 0 Å². The molecule has 0 aliphatic heterocycles. The molecule has 1 aromatic rings. The normalized spacial score (nSPS) is 9.80. The SMILES string of the molecule is Cn1c(=O)[nH]nc(Br)c1=O. The van der Waals surface area contributed by atoms with Crippen molar-refractivity contribution in [2.75, 3.05) is 0 Å². The molecule has 0 aliphatic rings. The number of halogens is 1. The molecule has 0 atom stereocenters. The molecule has 0 aliphatic carbocycles. The number of aromatic amines is 1. The Morgan fingerprint density at radius 2 is 2.20 bits per heavy atom. The topological polar surface area (TPSA) is 67.8 Å². The summed E-state index contributed by atoms with van der Waals surface area (Å²) in [7, 11) is 1.37. The van der Waals surface area contributed by atoms with Crippen molar-refractivity contribution in [3.05, 3.63) is 25.4 Å². The van der Waals surface area contributed by atoms with Crippen molar-refractivity contribution < 1.29 is 0 Å². The van der Waals surface area contributed by atoms with Crippen LogP contribution in [0.1, 0.15) is 0 Å². The van der Waals surface area contributed by atoms with E-state index < -0.39 is 11.2 Å². The molecule has 10 heavy (non-hydrogen) atoms. The molecule has 0 aromatic carbocycles. The van der Waals surface area contributed by atoms with E-state index in [0.29, 0.717) is 0 Å². The summed E-state index contributed by atoms with van der Waals surface area (Å²) in [4.78, 5) is 21.4. The second-order valence-corrected chi connectivity index (χ2v) is 2.43. The average molecular weight is 206 g/mol. The van der Waals surface area contributed by atoms with E-state index in [1.165, 1.54) is 7.05 Å². The van der Waals surface area contributed by atoms with Crippen molar-refractivity contribution in [1.82, 2.24) is 14.8 Å². The lowest BCUT2D eigenvalue weighted by Crippen LogP contribution is -2.33. The Bertz CT molecular complexity index is 352. The molecule has 54 valence electrons. The van der Waals surface area contributed by atoms with Crippen molar-refractivity contribution >= 4 is 15.9 Å². The fourth-order valence-corrected chi connectivity index (χ4v) is 0.805. The van der Waals surface area contributed by atoms with Crippen molar-refractivity contribution in [1.29, 1.82) is 0 Å². The Hall–Kier alpha value is -0.910. The van der Waals surface area contributed by atoms with Crippen LogP contribution >= 0.6 is 15.9 Å². The van der Waals surface area contributed by atoms with Crippen LogP contribution in [0.5, 0.6) is 0 Å². The molecule has 5 nitrogen and oxygen atoms in total. The lowest BCUT2D eigenvalue weighted by molar-refractivity contribution is 0.714. The maximum atomic E-state index is 10.8. The van der Waals surface area contributed by atoms with Gasteiger partial charge in [0, 0.05) is 7.05 Å².